The van der Waals surface area contributed by atoms with Crippen LogP contribution in [0.5, 0.6) is 5.75 Å². The number of hydrogen-bond donors (Lipinski definition) is 3. The third-order valence-corrected chi connectivity index (χ3v) is 4.08. The molecular formula is C16H23ClN4O2. The molecule has 1 saturated carbocycles. The summed E-state index contributed by atoms with van der Waals surface area (Å²) in [7, 11) is 1.55. The van der Waals surface area contributed by atoms with Crippen molar-refractivity contribution in [2.75, 3.05) is 19.0 Å². The molecule has 126 valence electrons. The molecule has 1 amide bonds. The molecule has 0 spiro atoms. The zero-order valence-corrected chi connectivity index (χ0v) is 14.0. The van der Waals surface area contributed by atoms with Gasteiger partial charge in [-0.1, -0.05) is 30.9 Å². The quantitative estimate of drug-likeness (QED) is 0.568. The summed E-state index contributed by atoms with van der Waals surface area (Å²) in [6.07, 6.45) is 5.71. The first-order chi connectivity index (χ1) is 11.1. The van der Waals surface area contributed by atoms with E-state index in [4.69, 9.17) is 22.1 Å². The van der Waals surface area contributed by atoms with Crippen LogP contribution in [0.15, 0.2) is 23.2 Å². The van der Waals surface area contributed by atoms with Gasteiger partial charge in [-0.05, 0) is 31.0 Å². The molecule has 1 aromatic carbocycles. The molecule has 23 heavy (non-hydrogen) atoms. The van der Waals surface area contributed by atoms with Crippen molar-refractivity contribution in [1.29, 1.82) is 0 Å². The van der Waals surface area contributed by atoms with E-state index >= 15 is 0 Å². The summed E-state index contributed by atoms with van der Waals surface area (Å²) in [5, 5.41) is 6.37. The Morgan fingerprint density at radius 1 is 1.39 bits per heavy atom. The van der Waals surface area contributed by atoms with Gasteiger partial charge < -0.3 is 21.1 Å². The lowest BCUT2D eigenvalue weighted by atomic mass is 9.95. The number of methoxy groups -OCH3 is 1. The van der Waals surface area contributed by atoms with Crippen molar-refractivity contribution in [1.82, 2.24) is 5.32 Å². The highest BCUT2D eigenvalue weighted by molar-refractivity contribution is 6.32. The molecule has 1 aliphatic carbocycles. The highest BCUT2D eigenvalue weighted by Gasteiger charge is 2.15. The molecule has 0 aliphatic heterocycles. The Kier molecular flexibility index (Phi) is 6.52. The first-order valence-electron chi connectivity index (χ1n) is 7.78. The first kappa shape index (κ1) is 17.4. The summed E-state index contributed by atoms with van der Waals surface area (Å²) in [5.41, 5.74) is 6.48. The number of hydrogen-bond acceptors (Lipinski definition) is 3. The van der Waals surface area contributed by atoms with Crippen LogP contribution < -0.4 is 21.1 Å². The van der Waals surface area contributed by atoms with E-state index in [0.29, 0.717) is 16.5 Å². The second-order valence-corrected chi connectivity index (χ2v) is 5.99. The predicted molar refractivity (Wildman–Crippen MR) is 93.1 cm³/mol. The number of nitrogens with two attached hydrogens (primary N) is 1. The van der Waals surface area contributed by atoms with E-state index in [1.807, 2.05) is 0 Å². The third-order valence-electron chi connectivity index (χ3n) is 3.79. The van der Waals surface area contributed by atoms with Crippen LogP contribution in [0, 0.1) is 0 Å². The summed E-state index contributed by atoms with van der Waals surface area (Å²) in [5.74, 6) is 0.652. The number of nitrogens with one attached hydrogen (secondary N) is 2. The van der Waals surface area contributed by atoms with Crippen molar-refractivity contribution in [3.8, 4) is 5.75 Å². The average molecular weight is 339 g/mol. The Bertz CT molecular complexity index is 571. The molecule has 0 atom stereocenters. The second kappa shape index (κ2) is 8.62. The minimum absolute atomic E-state index is 0.0131. The first-order valence-corrected chi connectivity index (χ1v) is 8.16. The van der Waals surface area contributed by atoms with Crippen molar-refractivity contribution < 1.29 is 9.53 Å². The number of halogens is 1. The van der Waals surface area contributed by atoms with Gasteiger partial charge in [0.25, 0.3) is 0 Å². The maximum atomic E-state index is 11.9. The van der Waals surface area contributed by atoms with E-state index < -0.39 is 0 Å². The van der Waals surface area contributed by atoms with Crippen LogP contribution in [0.3, 0.4) is 0 Å². The Morgan fingerprint density at radius 3 is 2.78 bits per heavy atom. The Morgan fingerprint density at radius 2 is 2.13 bits per heavy atom. The molecule has 0 radical (unpaired) electrons. The van der Waals surface area contributed by atoms with Crippen molar-refractivity contribution in [3.05, 3.63) is 23.2 Å². The molecule has 2 rings (SSSR count). The number of benzene rings is 1. The van der Waals surface area contributed by atoms with Gasteiger partial charge in [-0.15, -0.1) is 0 Å². The second-order valence-electron chi connectivity index (χ2n) is 5.58. The van der Waals surface area contributed by atoms with Crippen molar-refractivity contribution in [2.45, 2.75) is 38.1 Å². The van der Waals surface area contributed by atoms with Gasteiger partial charge >= 0.3 is 0 Å². The minimum atomic E-state index is -0.102. The molecule has 7 heteroatoms. The lowest BCUT2D eigenvalue weighted by Gasteiger charge is -2.22. The Balaban J connectivity index is 1.82. The van der Waals surface area contributed by atoms with Crippen LogP contribution in [0.25, 0.3) is 0 Å². The van der Waals surface area contributed by atoms with Crippen molar-refractivity contribution in [3.63, 3.8) is 0 Å². The lowest BCUT2D eigenvalue weighted by Crippen LogP contribution is -2.38. The molecule has 1 aliphatic rings. The van der Waals surface area contributed by atoms with Gasteiger partial charge in [0.2, 0.25) is 5.91 Å². The number of anilines is 1. The maximum Gasteiger partial charge on any atom is 0.242 e. The molecule has 1 fully saturated rings. The van der Waals surface area contributed by atoms with Crippen molar-refractivity contribution in [2.24, 2.45) is 10.7 Å². The molecular weight excluding hydrogens is 316 g/mol. The predicted octanol–water partition coefficient (Wildman–Crippen LogP) is 2.52. The zero-order chi connectivity index (χ0) is 16.7. The number of rotatable bonds is 5. The van der Waals surface area contributed by atoms with Gasteiger partial charge in [-0.3, -0.25) is 4.79 Å². The van der Waals surface area contributed by atoms with Gasteiger partial charge in [-0.25, -0.2) is 4.99 Å². The fourth-order valence-electron chi connectivity index (χ4n) is 2.61. The van der Waals surface area contributed by atoms with Crippen LogP contribution in [-0.2, 0) is 4.79 Å². The smallest absolute Gasteiger partial charge is 0.242 e. The molecule has 0 unspecified atom stereocenters. The number of amides is 1. The van der Waals surface area contributed by atoms with Gasteiger partial charge in [0, 0.05) is 11.7 Å². The highest BCUT2D eigenvalue weighted by atomic mass is 35.5. The van der Waals surface area contributed by atoms with Gasteiger partial charge in [0.05, 0.1) is 12.1 Å². The average Bonchev–Trinajstić information content (AvgIpc) is 2.54. The maximum absolute atomic E-state index is 11.9. The Labute approximate surface area is 141 Å². The number of guanidine groups is 1. The summed E-state index contributed by atoms with van der Waals surface area (Å²) in [6, 6.07) is 5.47. The fraction of sp³-hybridized carbons (Fsp3) is 0.500. The highest BCUT2D eigenvalue weighted by Crippen LogP contribution is 2.27. The van der Waals surface area contributed by atoms with E-state index in [1.54, 1.807) is 25.3 Å². The number of ether oxygens (including phenoxy) is 1. The molecule has 4 N–H and O–H groups in total. The topological polar surface area (TPSA) is 88.7 Å². The van der Waals surface area contributed by atoms with E-state index in [-0.39, 0.29) is 24.5 Å². The monoisotopic (exact) mass is 338 g/mol. The van der Waals surface area contributed by atoms with E-state index in [1.165, 1.54) is 19.3 Å². The summed E-state index contributed by atoms with van der Waals surface area (Å²) in [4.78, 5) is 15.9. The molecule has 1 aromatic rings. The molecule has 0 bridgehead atoms. The zero-order valence-electron chi connectivity index (χ0n) is 13.3. The van der Waals surface area contributed by atoms with Crippen LogP contribution in [0.1, 0.15) is 32.1 Å². The normalized spacial score (nSPS) is 16.0. The van der Waals surface area contributed by atoms with Crippen LogP contribution in [-0.4, -0.2) is 31.6 Å². The van der Waals surface area contributed by atoms with Crippen molar-refractivity contribution >= 4 is 29.2 Å². The number of carbonyl (C=O) groups excluding carboxylic acids is 1. The molecule has 0 saturated heterocycles. The minimum Gasteiger partial charge on any atom is -0.495 e. The van der Waals surface area contributed by atoms with Crippen LogP contribution >= 0.6 is 11.6 Å². The molecule has 6 nitrogen and oxygen atoms in total. The summed E-state index contributed by atoms with van der Waals surface area (Å²) >= 11 is 6.04. The fourth-order valence-corrected chi connectivity index (χ4v) is 2.87. The lowest BCUT2D eigenvalue weighted by molar-refractivity contribution is -0.120. The SMILES string of the molecule is COc1ccc(NC(N)=NCC(=O)NC2CCCCC2)cc1Cl. The van der Waals surface area contributed by atoms with E-state index in [0.717, 1.165) is 12.8 Å². The largest absolute Gasteiger partial charge is 0.495 e. The van der Waals surface area contributed by atoms with Crippen LogP contribution in [0.2, 0.25) is 5.02 Å². The van der Waals surface area contributed by atoms with Gasteiger partial charge in [0.1, 0.15) is 12.3 Å². The number of aliphatic imine (C=N–C) groups is 1. The third kappa shape index (κ3) is 5.63. The molecule has 0 heterocycles. The Hall–Kier alpha value is -1.95. The molecule has 0 aromatic heterocycles. The van der Waals surface area contributed by atoms with Crippen LogP contribution in [0.4, 0.5) is 5.69 Å². The number of carbonyl (C=O) groups is 1. The standard InChI is InChI=1S/C16H23ClN4O2/c1-23-14-8-7-12(9-13(14)17)21-16(18)19-10-15(22)20-11-5-3-2-4-6-11/h7-9,11H,2-6,10H2,1H3,(H,20,22)(H3,18,19,21). The number of nitrogens with zero attached hydrogens (tertiary/aromatic N) is 1. The van der Waals surface area contributed by atoms with Gasteiger partial charge in [-0.2, -0.15) is 0 Å². The summed E-state index contributed by atoms with van der Waals surface area (Å²) < 4.78 is 5.08. The summed E-state index contributed by atoms with van der Waals surface area (Å²) in [6.45, 7) is 0.0131. The van der Waals surface area contributed by atoms with E-state index in [9.17, 15) is 4.79 Å². The van der Waals surface area contributed by atoms with Gasteiger partial charge in [0.15, 0.2) is 5.96 Å². The van der Waals surface area contributed by atoms with E-state index in [2.05, 4.69) is 15.6 Å².